The predicted molar refractivity (Wildman–Crippen MR) is 56.7 cm³/mol. The summed E-state index contributed by atoms with van der Waals surface area (Å²) >= 11 is 0. The van der Waals surface area contributed by atoms with Gasteiger partial charge in [0.25, 0.3) is 0 Å². The Bertz CT molecular complexity index is 217. The summed E-state index contributed by atoms with van der Waals surface area (Å²) in [5.74, 6) is 1.65. The van der Waals surface area contributed by atoms with E-state index in [4.69, 9.17) is 0 Å². The number of nitrogens with zero attached hydrogens (tertiary/aromatic N) is 1. The van der Waals surface area contributed by atoms with Crippen LogP contribution < -0.4 is 0 Å². The van der Waals surface area contributed by atoms with Crippen molar-refractivity contribution in [3.8, 4) is 0 Å². The van der Waals surface area contributed by atoms with E-state index in [2.05, 4.69) is 31.9 Å². The number of rotatable bonds is 1. The zero-order valence-corrected chi connectivity index (χ0v) is 9.09. The monoisotopic (exact) mass is 179 g/mol. The van der Waals surface area contributed by atoms with Crippen LogP contribution in [0.15, 0.2) is 11.6 Å². The van der Waals surface area contributed by atoms with Gasteiger partial charge in [0.1, 0.15) is 0 Å². The molecule has 0 radical (unpaired) electrons. The second-order valence-corrected chi connectivity index (χ2v) is 4.89. The lowest BCUT2D eigenvalue weighted by Gasteiger charge is -2.37. The molecule has 0 saturated carbocycles. The van der Waals surface area contributed by atoms with E-state index in [-0.39, 0.29) is 0 Å². The van der Waals surface area contributed by atoms with Crippen molar-refractivity contribution >= 4 is 0 Å². The summed E-state index contributed by atoms with van der Waals surface area (Å²) in [6.45, 7) is 5.98. The molecule has 2 atom stereocenters. The number of hydrogen-bond acceptors (Lipinski definition) is 1. The average Bonchev–Trinajstić information content (AvgIpc) is 2.48. The summed E-state index contributed by atoms with van der Waals surface area (Å²) < 4.78 is 0. The Morgan fingerprint density at radius 3 is 2.92 bits per heavy atom. The highest BCUT2D eigenvalue weighted by Crippen LogP contribution is 2.39. The highest BCUT2D eigenvalue weighted by Gasteiger charge is 2.35. The summed E-state index contributed by atoms with van der Waals surface area (Å²) in [6.07, 6.45) is 6.62. The minimum atomic E-state index is 0.765. The van der Waals surface area contributed by atoms with Crippen molar-refractivity contribution < 1.29 is 0 Å². The molecule has 1 aliphatic heterocycles. The Labute approximate surface area is 81.8 Å². The second-order valence-electron chi connectivity index (χ2n) is 4.89. The number of likely N-dealkylation sites (tertiary alicyclic amines) is 1. The topological polar surface area (TPSA) is 3.24 Å². The number of piperidine rings is 1. The Balaban J connectivity index is 2.11. The number of fused-ring (bicyclic) bond motifs is 1. The Hall–Kier alpha value is -0.300. The molecule has 0 aromatic heterocycles. The third kappa shape index (κ3) is 1.54. The van der Waals surface area contributed by atoms with Crippen LogP contribution in [0, 0.1) is 11.8 Å². The molecule has 1 heteroatoms. The van der Waals surface area contributed by atoms with Crippen molar-refractivity contribution in [2.75, 3.05) is 13.6 Å². The van der Waals surface area contributed by atoms with Gasteiger partial charge in [0.2, 0.25) is 0 Å². The van der Waals surface area contributed by atoms with Crippen molar-refractivity contribution in [2.45, 2.75) is 39.2 Å². The van der Waals surface area contributed by atoms with Crippen LogP contribution in [0.25, 0.3) is 0 Å². The van der Waals surface area contributed by atoms with E-state index in [9.17, 15) is 0 Å². The molecule has 0 spiro atoms. The molecule has 74 valence electrons. The van der Waals surface area contributed by atoms with E-state index >= 15 is 0 Å². The minimum Gasteiger partial charge on any atom is -0.303 e. The summed E-state index contributed by atoms with van der Waals surface area (Å²) in [4.78, 5) is 2.56. The molecule has 13 heavy (non-hydrogen) atoms. The first-order chi connectivity index (χ1) is 6.20. The predicted octanol–water partition coefficient (Wildman–Crippen LogP) is 2.68. The average molecular weight is 179 g/mol. The van der Waals surface area contributed by atoms with Crippen LogP contribution in [0.3, 0.4) is 0 Å². The van der Waals surface area contributed by atoms with E-state index in [1.807, 2.05) is 0 Å². The first-order valence-corrected chi connectivity index (χ1v) is 5.60. The SMILES string of the molecule is CC(C)C1=CCC2C1CCCN2C. The fraction of sp³-hybridized carbons (Fsp3) is 0.833. The van der Waals surface area contributed by atoms with Crippen LogP contribution >= 0.6 is 0 Å². The van der Waals surface area contributed by atoms with Gasteiger partial charge in [0, 0.05) is 6.04 Å². The lowest BCUT2D eigenvalue weighted by molar-refractivity contribution is 0.149. The summed E-state index contributed by atoms with van der Waals surface area (Å²) in [5, 5.41) is 0. The highest BCUT2D eigenvalue weighted by molar-refractivity contribution is 5.20. The van der Waals surface area contributed by atoms with Gasteiger partial charge in [-0.15, -0.1) is 0 Å². The highest BCUT2D eigenvalue weighted by atomic mass is 15.1. The summed E-state index contributed by atoms with van der Waals surface area (Å²) in [7, 11) is 2.29. The van der Waals surface area contributed by atoms with Crippen molar-refractivity contribution in [3.63, 3.8) is 0 Å². The van der Waals surface area contributed by atoms with Crippen molar-refractivity contribution in [2.24, 2.45) is 11.8 Å². The fourth-order valence-corrected chi connectivity index (χ4v) is 3.03. The van der Waals surface area contributed by atoms with Gasteiger partial charge in [-0.3, -0.25) is 0 Å². The van der Waals surface area contributed by atoms with Gasteiger partial charge in [-0.1, -0.05) is 25.5 Å². The van der Waals surface area contributed by atoms with Crippen molar-refractivity contribution in [1.82, 2.24) is 4.90 Å². The van der Waals surface area contributed by atoms with Gasteiger partial charge in [-0.2, -0.15) is 0 Å². The standard InChI is InChI=1S/C12H21N/c1-9(2)10-6-7-12-11(10)5-4-8-13(12)3/h6,9,11-12H,4-5,7-8H2,1-3H3. The van der Waals surface area contributed by atoms with Crippen LogP contribution in [0.5, 0.6) is 0 Å². The maximum absolute atomic E-state index is 2.56. The molecule has 0 aromatic carbocycles. The van der Waals surface area contributed by atoms with Gasteiger partial charge >= 0.3 is 0 Å². The smallest absolute Gasteiger partial charge is 0.0192 e. The largest absolute Gasteiger partial charge is 0.303 e. The van der Waals surface area contributed by atoms with E-state index in [0.29, 0.717) is 0 Å². The maximum Gasteiger partial charge on any atom is 0.0192 e. The van der Waals surface area contributed by atoms with E-state index < -0.39 is 0 Å². The van der Waals surface area contributed by atoms with Crippen LogP contribution in [0.2, 0.25) is 0 Å². The summed E-state index contributed by atoms with van der Waals surface area (Å²) in [6, 6.07) is 0.839. The lowest BCUT2D eigenvalue weighted by Crippen LogP contribution is -2.41. The molecule has 2 rings (SSSR count). The first-order valence-electron chi connectivity index (χ1n) is 5.60. The van der Waals surface area contributed by atoms with Gasteiger partial charge in [-0.05, 0) is 44.7 Å². The molecule has 0 amide bonds. The first kappa shape index (κ1) is 9.26. The van der Waals surface area contributed by atoms with Crippen LogP contribution in [-0.2, 0) is 0 Å². The summed E-state index contributed by atoms with van der Waals surface area (Å²) in [5.41, 5.74) is 1.73. The fourth-order valence-electron chi connectivity index (χ4n) is 3.03. The third-order valence-electron chi connectivity index (χ3n) is 3.75. The molecule has 2 unspecified atom stereocenters. The minimum absolute atomic E-state index is 0.765. The van der Waals surface area contributed by atoms with Crippen LogP contribution in [-0.4, -0.2) is 24.5 Å². The maximum atomic E-state index is 2.56. The zero-order chi connectivity index (χ0) is 9.42. The molecule has 1 nitrogen and oxygen atoms in total. The van der Waals surface area contributed by atoms with Gasteiger partial charge in [0.05, 0.1) is 0 Å². The second kappa shape index (κ2) is 3.45. The normalized spacial score (nSPS) is 34.9. The van der Waals surface area contributed by atoms with Crippen LogP contribution in [0.4, 0.5) is 0 Å². The van der Waals surface area contributed by atoms with E-state index in [0.717, 1.165) is 17.9 Å². The lowest BCUT2D eigenvalue weighted by atomic mass is 9.83. The molecule has 0 bridgehead atoms. The quantitative estimate of drug-likeness (QED) is 0.559. The molecule has 2 aliphatic rings. The van der Waals surface area contributed by atoms with Crippen molar-refractivity contribution in [1.29, 1.82) is 0 Å². The van der Waals surface area contributed by atoms with Crippen molar-refractivity contribution in [3.05, 3.63) is 11.6 Å². The Morgan fingerprint density at radius 2 is 2.23 bits per heavy atom. The molecule has 1 aliphatic carbocycles. The van der Waals surface area contributed by atoms with Gasteiger partial charge in [0.15, 0.2) is 0 Å². The molecular weight excluding hydrogens is 158 g/mol. The van der Waals surface area contributed by atoms with E-state index in [1.54, 1.807) is 5.57 Å². The Morgan fingerprint density at radius 1 is 1.46 bits per heavy atom. The zero-order valence-electron chi connectivity index (χ0n) is 9.09. The van der Waals surface area contributed by atoms with E-state index in [1.165, 1.54) is 25.8 Å². The Kier molecular flexibility index (Phi) is 2.46. The molecular formula is C12H21N. The number of hydrogen-bond donors (Lipinski definition) is 0. The third-order valence-corrected chi connectivity index (χ3v) is 3.75. The molecule has 1 saturated heterocycles. The molecule has 1 heterocycles. The molecule has 0 N–H and O–H groups in total. The molecule has 1 fully saturated rings. The molecule has 0 aromatic rings. The van der Waals surface area contributed by atoms with Gasteiger partial charge < -0.3 is 4.90 Å². The van der Waals surface area contributed by atoms with Crippen LogP contribution in [0.1, 0.15) is 33.1 Å². The van der Waals surface area contributed by atoms with Gasteiger partial charge in [-0.25, -0.2) is 0 Å².